The van der Waals surface area contributed by atoms with Gasteiger partial charge in [0.15, 0.2) is 0 Å². The van der Waals surface area contributed by atoms with Gasteiger partial charge in [-0.2, -0.15) is 0 Å². The molecule has 2 heterocycles. The van der Waals surface area contributed by atoms with Gasteiger partial charge >= 0.3 is 0 Å². The molecule has 4 heteroatoms. The van der Waals surface area contributed by atoms with E-state index in [0.717, 1.165) is 30.6 Å². The number of hydrogen-bond donors (Lipinski definition) is 1. The second-order valence-corrected chi connectivity index (χ2v) is 13.9. The molecule has 0 bridgehead atoms. The second kappa shape index (κ2) is 14.3. The molecule has 232 valence electrons. The fourth-order valence-corrected chi connectivity index (χ4v) is 9.08. The molecule has 0 spiro atoms. The first-order valence-corrected chi connectivity index (χ1v) is 17.9. The van der Waals surface area contributed by atoms with E-state index in [1.807, 2.05) is 35.2 Å². The monoisotopic (exact) mass is 646 g/mol. The normalized spacial score (nSPS) is 17.3. The Labute approximate surface area is 287 Å². The molecule has 4 aromatic rings. The molecule has 0 fully saturated rings. The molecular weight excluding hydrogens is 609 g/mol. The van der Waals surface area contributed by atoms with Crippen molar-refractivity contribution >= 4 is 53.1 Å². The smallest absolute Gasteiger partial charge is 0.0560 e. The van der Waals surface area contributed by atoms with Crippen molar-refractivity contribution in [3.05, 3.63) is 188 Å². The molecule has 0 amide bonds. The molecule has 1 N–H and O–H groups in total. The lowest BCUT2D eigenvalue weighted by atomic mass is 9.90. The van der Waals surface area contributed by atoms with E-state index in [0.29, 0.717) is 5.92 Å². The highest BCUT2D eigenvalue weighted by atomic mass is 32.2. The van der Waals surface area contributed by atoms with Gasteiger partial charge < -0.3 is 10.2 Å². The summed E-state index contributed by atoms with van der Waals surface area (Å²) in [6.07, 6.45) is 27.3. The maximum Gasteiger partial charge on any atom is 0.0560 e. The Hall–Kier alpha value is -4.77. The van der Waals surface area contributed by atoms with Gasteiger partial charge in [0, 0.05) is 48.8 Å². The van der Waals surface area contributed by atoms with Gasteiger partial charge in [-0.3, -0.25) is 0 Å². The molecule has 7 rings (SSSR count). The molecule has 0 radical (unpaired) electrons. The lowest BCUT2D eigenvalue weighted by Crippen LogP contribution is -2.24. The summed E-state index contributed by atoms with van der Waals surface area (Å²) in [6, 6.07) is 29.8. The molecule has 3 aliphatic rings. The van der Waals surface area contributed by atoms with Gasteiger partial charge in [0.25, 0.3) is 0 Å². The summed E-state index contributed by atoms with van der Waals surface area (Å²) in [7, 11) is 0. The number of fused-ring (bicyclic) bond motifs is 4. The Morgan fingerprint density at radius 3 is 2.51 bits per heavy atom. The largest absolute Gasteiger partial charge is 0.362 e. The van der Waals surface area contributed by atoms with Crippen molar-refractivity contribution in [2.75, 3.05) is 5.32 Å². The molecular formula is C43H38N2S2. The van der Waals surface area contributed by atoms with Crippen molar-refractivity contribution in [1.29, 1.82) is 0 Å². The summed E-state index contributed by atoms with van der Waals surface area (Å²) < 4.78 is 0. The number of hydrogen-bond acceptors (Lipinski definition) is 4. The zero-order chi connectivity index (χ0) is 32.0. The molecule has 1 atom stereocenters. The van der Waals surface area contributed by atoms with E-state index in [4.69, 9.17) is 0 Å². The van der Waals surface area contributed by atoms with Gasteiger partial charge in [0.05, 0.1) is 5.70 Å². The van der Waals surface area contributed by atoms with Crippen LogP contribution in [0.5, 0.6) is 0 Å². The van der Waals surface area contributed by atoms with E-state index in [-0.39, 0.29) is 0 Å². The van der Waals surface area contributed by atoms with E-state index < -0.39 is 0 Å². The fourth-order valence-electron chi connectivity index (χ4n) is 6.54. The molecule has 1 unspecified atom stereocenters. The number of nitrogens with zero attached hydrogens (tertiary/aromatic N) is 1. The van der Waals surface area contributed by atoms with Crippen molar-refractivity contribution < 1.29 is 0 Å². The Bertz CT molecular complexity index is 1980. The predicted molar refractivity (Wildman–Crippen MR) is 206 cm³/mol. The first-order valence-electron chi connectivity index (χ1n) is 16.2. The molecule has 0 saturated carbocycles. The van der Waals surface area contributed by atoms with E-state index in [1.54, 1.807) is 0 Å². The zero-order valence-corrected chi connectivity index (χ0v) is 28.2. The second-order valence-electron chi connectivity index (χ2n) is 11.7. The fraction of sp³-hybridized carbons (Fsp3) is 0.116. The Balaban J connectivity index is 1.31. The van der Waals surface area contributed by atoms with Crippen LogP contribution in [0.4, 0.5) is 5.69 Å². The van der Waals surface area contributed by atoms with Crippen LogP contribution in [-0.4, -0.2) is 4.90 Å². The molecule has 47 heavy (non-hydrogen) atoms. The van der Waals surface area contributed by atoms with Crippen LogP contribution < -0.4 is 5.32 Å². The number of thioether (sulfide) groups is 1. The first-order chi connectivity index (χ1) is 23.2. The maximum atomic E-state index is 4.09. The Morgan fingerprint density at radius 1 is 0.915 bits per heavy atom. The number of nitrogens with one attached hydrogen (secondary N) is 1. The van der Waals surface area contributed by atoms with Crippen LogP contribution in [0.25, 0.3) is 24.3 Å². The van der Waals surface area contributed by atoms with Crippen LogP contribution in [0.15, 0.2) is 161 Å². The number of allylic oxidation sites excluding steroid dienone is 8. The van der Waals surface area contributed by atoms with Crippen molar-refractivity contribution in [3.63, 3.8) is 0 Å². The van der Waals surface area contributed by atoms with E-state index in [2.05, 4.69) is 163 Å². The van der Waals surface area contributed by atoms with Gasteiger partial charge in [-0.05, 0) is 103 Å². The predicted octanol–water partition coefficient (Wildman–Crippen LogP) is 12.3. The Morgan fingerprint density at radius 2 is 1.70 bits per heavy atom. The third-order valence-electron chi connectivity index (χ3n) is 8.68. The minimum absolute atomic E-state index is 0.402. The molecule has 2 aliphatic carbocycles. The van der Waals surface area contributed by atoms with E-state index in [9.17, 15) is 0 Å². The van der Waals surface area contributed by atoms with Crippen LogP contribution >= 0.6 is 23.1 Å². The van der Waals surface area contributed by atoms with E-state index in [1.165, 1.54) is 53.2 Å². The van der Waals surface area contributed by atoms with Gasteiger partial charge in [-0.25, -0.2) is 0 Å². The number of thiophene rings is 1. The average molecular weight is 647 g/mol. The lowest BCUT2D eigenvalue weighted by Gasteiger charge is -2.34. The molecule has 2 nitrogen and oxygen atoms in total. The SMILES string of the molecule is C=C/C=C(\C=C/C)N(C1=Cc2sc(/C=C\c3ccccc3)c(/C=C/Nc3ccccc3)c2CC1)C1=C2Sc3ccccc3C2CC=C1. The highest BCUT2D eigenvalue weighted by molar-refractivity contribution is 8.03. The summed E-state index contributed by atoms with van der Waals surface area (Å²) in [5, 5.41) is 3.47. The standard InChI is InChI=1S/C43H38N2S2/c1-3-14-33(15-4-2)45(39-22-13-21-38-35-20-11-12-23-40(35)47-43(38)39)34-25-26-36-37(28-29-44-32-18-9-6-10-19-32)41(46-42(36)30-34)27-24-31-16-7-5-8-17-31/h3-20,22-24,27-30,38,44H,1,21,25-26H2,2H3/b15-4-,27-24-,29-28+,33-14+. The Kier molecular flexibility index (Phi) is 9.41. The van der Waals surface area contributed by atoms with Crippen molar-refractivity contribution in [2.24, 2.45) is 0 Å². The number of rotatable bonds is 10. The molecule has 1 aromatic heterocycles. The van der Waals surface area contributed by atoms with Crippen LogP contribution in [0, 0.1) is 0 Å². The number of benzene rings is 3. The quantitative estimate of drug-likeness (QED) is 0.173. The zero-order valence-electron chi connectivity index (χ0n) is 26.6. The van der Waals surface area contributed by atoms with Crippen molar-refractivity contribution in [2.45, 2.75) is 37.0 Å². The van der Waals surface area contributed by atoms with Gasteiger partial charge in [0.1, 0.15) is 0 Å². The average Bonchev–Trinajstić information content (AvgIpc) is 3.67. The van der Waals surface area contributed by atoms with Gasteiger partial charge in [-0.15, -0.1) is 11.3 Å². The minimum Gasteiger partial charge on any atom is -0.362 e. The maximum absolute atomic E-state index is 4.09. The number of anilines is 1. The first kappa shape index (κ1) is 30.9. The highest BCUT2D eigenvalue weighted by Gasteiger charge is 2.34. The summed E-state index contributed by atoms with van der Waals surface area (Å²) in [5.74, 6) is 0.402. The highest BCUT2D eigenvalue weighted by Crippen LogP contribution is 2.54. The summed E-state index contributed by atoms with van der Waals surface area (Å²) in [6.45, 7) is 6.18. The van der Waals surface area contributed by atoms with Crippen molar-refractivity contribution in [3.8, 4) is 0 Å². The third-order valence-corrected chi connectivity index (χ3v) is 11.1. The van der Waals surface area contributed by atoms with Crippen LogP contribution in [-0.2, 0) is 6.42 Å². The molecule has 1 aliphatic heterocycles. The van der Waals surface area contributed by atoms with Crippen LogP contribution in [0.1, 0.15) is 57.7 Å². The minimum atomic E-state index is 0.402. The molecule has 0 saturated heterocycles. The summed E-state index contributed by atoms with van der Waals surface area (Å²) >= 11 is 3.81. The van der Waals surface area contributed by atoms with Gasteiger partial charge in [0.2, 0.25) is 0 Å². The number of para-hydroxylation sites is 1. The lowest BCUT2D eigenvalue weighted by molar-refractivity contribution is 0.521. The van der Waals surface area contributed by atoms with Crippen molar-refractivity contribution in [1.82, 2.24) is 4.90 Å². The molecule has 3 aromatic carbocycles. The summed E-state index contributed by atoms with van der Waals surface area (Å²) in [5.41, 5.74) is 10.2. The van der Waals surface area contributed by atoms with E-state index >= 15 is 0 Å². The van der Waals surface area contributed by atoms with Crippen LogP contribution in [0.3, 0.4) is 0 Å². The van der Waals surface area contributed by atoms with Gasteiger partial charge in [-0.1, -0.05) is 109 Å². The summed E-state index contributed by atoms with van der Waals surface area (Å²) in [4.78, 5) is 7.90. The third kappa shape index (κ3) is 6.58. The van der Waals surface area contributed by atoms with Crippen LogP contribution in [0.2, 0.25) is 0 Å². The topological polar surface area (TPSA) is 15.3 Å².